The molecule has 6 heterocycles. The Morgan fingerprint density at radius 1 is 0.618 bits per heavy atom. The average Bonchev–Trinajstić information content (AvgIpc) is 3.95. The summed E-state index contributed by atoms with van der Waals surface area (Å²) in [5.41, 5.74) is 19.1. The maximum Gasteiger partial charge on any atom is 0.316 e. The van der Waals surface area contributed by atoms with Crippen LogP contribution in [-0.2, 0) is 25.9 Å². The minimum atomic E-state index is -0.994. The number of primary amides is 2. The molecule has 0 saturated heterocycles. The van der Waals surface area contributed by atoms with Crippen molar-refractivity contribution in [3.05, 3.63) is 179 Å². The molecule has 7 N–H and O–H groups in total. The highest BCUT2D eigenvalue weighted by Crippen LogP contribution is 2.40. The molecule has 2 aliphatic rings. The molecule has 4 amide bonds. The molecule has 10 rings (SSSR count). The van der Waals surface area contributed by atoms with Crippen LogP contribution in [0.5, 0.6) is 0 Å². The lowest BCUT2D eigenvalue weighted by molar-refractivity contribution is 0.258. The summed E-state index contributed by atoms with van der Waals surface area (Å²) in [4.78, 5) is 31.9. The van der Waals surface area contributed by atoms with Crippen LogP contribution in [0.1, 0.15) is 44.8 Å². The summed E-state index contributed by atoms with van der Waals surface area (Å²) in [5, 5.41) is 18.2. The van der Waals surface area contributed by atoms with Crippen molar-refractivity contribution in [2.24, 2.45) is 11.5 Å². The van der Waals surface area contributed by atoms with Gasteiger partial charge < -0.3 is 32.3 Å². The first-order chi connectivity index (χ1) is 35.7. The standard InChI is InChI=1S/C26H22Cl2F2N6O.C21H21F2N5O.C5H2Cl2FN.ClH/c1-13-4-3-5-14(2)23(13)36-24(16-9-20(30)22(10-19(16)29)33-26(31)37)17-12-35(7-6-21(17)34-36)25-18(28)8-15(27)11-32-25;1-11-4-3-5-12(2)19(11)28-20(14-10-25-7-6-17(14)27-28)13-8-16(23)18(9-15(13)22)26-21(24)29;6-3-1-4(7)5(8)9-2-3;/h3-5,8-11H,6-7,12H2,1-2H3,(H3,31,33,37);3-5,8-9,25H,6-7,10H2,1-2H3,(H3,24,26,29);1-2H;1H. The van der Waals surface area contributed by atoms with E-state index in [9.17, 15) is 18.4 Å². The fourth-order valence-electron chi connectivity index (χ4n) is 8.96. The SMILES string of the molecule is Cc1cccc(C)c1-n1nc2c(c1-c1cc(F)c(NC(N)=O)cc1F)CN(c1ncc(Cl)cc1Cl)CC2.Cc1cccc(C)c1-n1nc2c(c1-c1cc(F)c(NC(N)=O)cc1F)CNCC2.Cl.Fc1ncc(Cl)cc1Cl. The van der Waals surface area contributed by atoms with Crippen LogP contribution < -0.4 is 32.3 Å². The maximum absolute atomic E-state index is 15.6. The number of nitrogens with zero attached hydrogens (tertiary/aromatic N) is 7. The zero-order valence-corrected chi connectivity index (χ0v) is 44.6. The number of rotatable bonds is 7. The van der Waals surface area contributed by atoms with E-state index < -0.39 is 41.3 Å². The van der Waals surface area contributed by atoms with Gasteiger partial charge in [0.15, 0.2) is 0 Å². The van der Waals surface area contributed by atoms with E-state index in [0.29, 0.717) is 64.7 Å². The van der Waals surface area contributed by atoms with E-state index in [1.165, 1.54) is 18.5 Å². The van der Waals surface area contributed by atoms with Crippen molar-refractivity contribution in [1.29, 1.82) is 0 Å². The molecule has 2 aliphatic heterocycles. The highest BCUT2D eigenvalue weighted by atomic mass is 35.5. The number of urea groups is 2. The minimum absolute atomic E-state index is 0. The summed E-state index contributed by atoms with van der Waals surface area (Å²) in [6.07, 6.45) is 3.94. The zero-order valence-electron chi connectivity index (χ0n) is 40.7. The van der Waals surface area contributed by atoms with Crippen LogP contribution in [0.15, 0.2) is 85.2 Å². The van der Waals surface area contributed by atoms with Gasteiger partial charge in [0.25, 0.3) is 0 Å². The number of halogens is 10. The van der Waals surface area contributed by atoms with Crippen LogP contribution in [0.4, 0.5) is 48.7 Å². The van der Waals surface area contributed by atoms with Crippen molar-refractivity contribution in [1.82, 2.24) is 34.8 Å². The van der Waals surface area contributed by atoms with Gasteiger partial charge in [-0.2, -0.15) is 14.6 Å². The summed E-state index contributed by atoms with van der Waals surface area (Å²) >= 11 is 23.2. The predicted octanol–water partition coefficient (Wildman–Crippen LogP) is 12.7. The van der Waals surface area contributed by atoms with Crippen molar-refractivity contribution in [2.45, 2.75) is 53.6 Å². The minimum Gasteiger partial charge on any atom is -0.351 e. The maximum atomic E-state index is 15.6. The van der Waals surface area contributed by atoms with Crippen LogP contribution in [-0.4, -0.2) is 54.7 Å². The highest BCUT2D eigenvalue weighted by Gasteiger charge is 2.31. The number of carbonyl (C=O) groups excluding carboxylic acids is 2. The number of nitrogens with two attached hydrogens (primary N) is 2. The Hall–Kier alpha value is -7.00. The van der Waals surface area contributed by atoms with Crippen molar-refractivity contribution in [3.63, 3.8) is 0 Å². The molecule has 0 fully saturated rings. The van der Waals surface area contributed by atoms with Gasteiger partial charge in [-0.3, -0.25) is 0 Å². The number of carbonyl (C=O) groups is 2. The van der Waals surface area contributed by atoms with E-state index in [1.807, 2.05) is 69.0 Å². The van der Waals surface area contributed by atoms with E-state index in [0.717, 1.165) is 87.0 Å². The molecule has 24 heteroatoms. The summed E-state index contributed by atoms with van der Waals surface area (Å²) in [6, 6.07) is 16.6. The van der Waals surface area contributed by atoms with Crippen molar-refractivity contribution >= 4 is 88.1 Å². The van der Waals surface area contributed by atoms with Gasteiger partial charge in [-0.05, 0) is 74.2 Å². The number of nitrogens with one attached hydrogen (secondary N) is 3. The quantitative estimate of drug-likeness (QED) is 0.0770. The Bertz CT molecular complexity index is 3500. The molecular weight excluding hydrogens is 1100 g/mol. The average molecular weight is 1140 g/mol. The Labute approximate surface area is 458 Å². The van der Waals surface area contributed by atoms with Gasteiger partial charge in [0, 0.05) is 85.8 Å². The Morgan fingerprint density at radius 3 is 1.54 bits per heavy atom. The predicted molar refractivity (Wildman–Crippen MR) is 289 cm³/mol. The number of hydrogen-bond donors (Lipinski definition) is 5. The first-order valence-corrected chi connectivity index (χ1v) is 24.4. The second-order valence-corrected chi connectivity index (χ2v) is 19.1. The summed E-state index contributed by atoms with van der Waals surface area (Å²) < 4.78 is 75.9. The lowest BCUT2D eigenvalue weighted by atomic mass is 9.99. The van der Waals surface area contributed by atoms with Gasteiger partial charge in [-0.25, -0.2) is 46.5 Å². The summed E-state index contributed by atoms with van der Waals surface area (Å²) in [7, 11) is 0. The zero-order chi connectivity index (χ0) is 54.0. The first-order valence-electron chi connectivity index (χ1n) is 22.9. The molecule has 0 saturated carbocycles. The van der Waals surface area contributed by atoms with E-state index in [1.54, 1.807) is 15.4 Å². The van der Waals surface area contributed by atoms with Crippen LogP contribution in [0.25, 0.3) is 33.9 Å². The molecule has 14 nitrogen and oxygen atoms in total. The molecular formula is C52H46Cl5F5N12O2. The molecule has 0 spiro atoms. The first kappa shape index (κ1) is 56.7. The Morgan fingerprint density at radius 2 is 1.08 bits per heavy atom. The third-order valence-electron chi connectivity index (χ3n) is 12.2. The van der Waals surface area contributed by atoms with E-state index >= 15 is 13.2 Å². The molecule has 0 bridgehead atoms. The Kier molecular flexibility index (Phi) is 17.8. The number of aryl methyl sites for hydroxylation is 4. The summed E-state index contributed by atoms with van der Waals surface area (Å²) in [5.74, 6) is -3.16. The lowest BCUT2D eigenvalue weighted by Gasteiger charge is -2.28. The third kappa shape index (κ3) is 12.1. The molecule has 0 aliphatic carbocycles. The van der Waals surface area contributed by atoms with Gasteiger partial charge in [-0.15, -0.1) is 12.4 Å². The van der Waals surface area contributed by atoms with Gasteiger partial charge in [0.05, 0.1) is 65.6 Å². The monoisotopic (exact) mass is 1140 g/mol. The molecule has 4 aromatic heterocycles. The molecule has 396 valence electrons. The van der Waals surface area contributed by atoms with Crippen LogP contribution in [0, 0.1) is 56.9 Å². The van der Waals surface area contributed by atoms with Crippen molar-refractivity contribution in [3.8, 4) is 33.9 Å². The number of pyridine rings is 2. The van der Waals surface area contributed by atoms with Crippen LogP contribution in [0.3, 0.4) is 0 Å². The number of para-hydroxylation sites is 2. The largest absolute Gasteiger partial charge is 0.351 e. The van der Waals surface area contributed by atoms with E-state index in [-0.39, 0.29) is 39.9 Å². The topological polar surface area (TPSA) is 187 Å². The number of hydrogen-bond acceptors (Lipinski definition) is 8. The van der Waals surface area contributed by atoms with Gasteiger partial charge in [0.2, 0.25) is 5.95 Å². The van der Waals surface area contributed by atoms with Gasteiger partial charge >= 0.3 is 12.1 Å². The van der Waals surface area contributed by atoms with Gasteiger partial charge in [-0.1, -0.05) is 82.8 Å². The lowest BCUT2D eigenvalue weighted by Crippen LogP contribution is -2.31. The van der Waals surface area contributed by atoms with Crippen LogP contribution >= 0.6 is 58.8 Å². The second kappa shape index (κ2) is 23.9. The fourth-order valence-corrected chi connectivity index (χ4v) is 9.84. The van der Waals surface area contributed by atoms with Gasteiger partial charge in [0.1, 0.15) is 29.1 Å². The van der Waals surface area contributed by atoms with Crippen molar-refractivity contribution in [2.75, 3.05) is 28.6 Å². The molecule has 76 heavy (non-hydrogen) atoms. The van der Waals surface area contributed by atoms with Crippen molar-refractivity contribution < 1.29 is 31.5 Å². The smallest absolute Gasteiger partial charge is 0.316 e. The highest BCUT2D eigenvalue weighted by molar-refractivity contribution is 6.36. The number of aromatic nitrogens is 6. The molecule has 0 atom stereocenters. The number of amides is 4. The fraction of sp³-hybridized carbons (Fsp3) is 0.192. The van der Waals surface area contributed by atoms with Crippen LogP contribution in [0.2, 0.25) is 20.1 Å². The van der Waals surface area contributed by atoms with E-state index in [4.69, 9.17) is 68.1 Å². The Balaban J connectivity index is 0.000000191. The number of fused-ring (bicyclic) bond motifs is 2. The molecule has 8 aromatic rings. The van der Waals surface area contributed by atoms with E-state index in [2.05, 4.69) is 25.9 Å². The molecule has 0 unspecified atom stereocenters. The second-order valence-electron chi connectivity index (χ2n) is 17.4. The third-order valence-corrected chi connectivity index (χ3v) is 13.2. The molecule has 4 aromatic carbocycles. The number of anilines is 3. The number of benzene rings is 4. The molecule has 0 radical (unpaired) electrons. The normalized spacial score (nSPS) is 12.5. The summed E-state index contributed by atoms with van der Waals surface area (Å²) in [6.45, 7) is 9.96.